The second-order valence-corrected chi connectivity index (χ2v) is 5.14. The molecule has 0 aromatic carbocycles. The summed E-state index contributed by atoms with van der Waals surface area (Å²) >= 11 is 0. The van der Waals surface area contributed by atoms with Crippen LogP contribution in [0, 0.1) is 0 Å². The summed E-state index contributed by atoms with van der Waals surface area (Å²) in [5.41, 5.74) is -0.0564. The molecule has 0 aromatic rings. The zero-order valence-electron chi connectivity index (χ0n) is 11.6. The standard InChI is InChI=1S/C13H29NO2/c1-12(2)14-9-6-7-10-16-11-8-13(3,4)15-5/h12,14H,6-11H2,1-5H3. The molecule has 0 aromatic heterocycles. The van der Waals surface area contributed by atoms with E-state index < -0.39 is 0 Å². The minimum atomic E-state index is -0.0564. The summed E-state index contributed by atoms with van der Waals surface area (Å²) in [5.74, 6) is 0. The lowest BCUT2D eigenvalue weighted by Crippen LogP contribution is -2.25. The molecule has 0 aliphatic carbocycles. The minimum Gasteiger partial charge on any atom is -0.381 e. The molecule has 0 rings (SSSR count). The summed E-state index contributed by atoms with van der Waals surface area (Å²) in [6.07, 6.45) is 3.27. The SMILES string of the molecule is COC(C)(C)CCOCCCCNC(C)C. The van der Waals surface area contributed by atoms with Crippen molar-refractivity contribution in [3.05, 3.63) is 0 Å². The highest BCUT2D eigenvalue weighted by Gasteiger charge is 2.15. The van der Waals surface area contributed by atoms with Crippen LogP contribution in [0.1, 0.15) is 47.0 Å². The first kappa shape index (κ1) is 15.9. The Kier molecular flexibility index (Phi) is 8.90. The molecule has 1 N–H and O–H groups in total. The Hall–Kier alpha value is -0.120. The average molecular weight is 231 g/mol. The molecule has 0 saturated heterocycles. The molecular formula is C13H29NO2. The molecular weight excluding hydrogens is 202 g/mol. The molecule has 0 aliphatic heterocycles. The maximum atomic E-state index is 5.57. The van der Waals surface area contributed by atoms with Crippen LogP contribution < -0.4 is 5.32 Å². The van der Waals surface area contributed by atoms with Gasteiger partial charge in [-0.1, -0.05) is 13.8 Å². The van der Waals surface area contributed by atoms with E-state index in [1.165, 1.54) is 6.42 Å². The number of hydrogen-bond donors (Lipinski definition) is 1. The van der Waals surface area contributed by atoms with Crippen molar-refractivity contribution < 1.29 is 9.47 Å². The quantitative estimate of drug-likeness (QED) is 0.586. The van der Waals surface area contributed by atoms with E-state index in [0.29, 0.717) is 6.04 Å². The van der Waals surface area contributed by atoms with Gasteiger partial charge in [0, 0.05) is 26.4 Å². The normalized spacial score (nSPS) is 12.4. The van der Waals surface area contributed by atoms with Crippen LogP contribution >= 0.6 is 0 Å². The van der Waals surface area contributed by atoms with E-state index >= 15 is 0 Å². The number of nitrogens with one attached hydrogen (secondary N) is 1. The molecule has 0 saturated carbocycles. The Morgan fingerprint density at radius 3 is 2.38 bits per heavy atom. The van der Waals surface area contributed by atoms with Crippen molar-refractivity contribution in [2.45, 2.75) is 58.6 Å². The lowest BCUT2D eigenvalue weighted by atomic mass is 10.1. The lowest BCUT2D eigenvalue weighted by Gasteiger charge is -2.22. The van der Waals surface area contributed by atoms with Gasteiger partial charge >= 0.3 is 0 Å². The van der Waals surface area contributed by atoms with Crippen LogP contribution in [-0.4, -0.2) is 38.5 Å². The number of ether oxygens (including phenoxy) is 2. The van der Waals surface area contributed by atoms with Gasteiger partial charge in [0.15, 0.2) is 0 Å². The first-order valence-corrected chi connectivity index (χ1v) is 6.34. The van der Waals surface area contributed by atoms with Crippen molar-refractivity contribution in [3.8, 4) is 0 Å². The molecule has 0 amide bonds. The monoisotopic (exact) mass is 231 g/mol. The third-order valence-corrected chi connectivity index (χ3v) is 2.67. The van der Waals surface area contributed by atoms with Crippen molar-refractivity contribution in [1.82, 2.24) is 5.32 Å². The Labute approximate surface area is 101 Å². The van der Waals surface area contributed by atoms with Crippen LogP contribution in [0.2, 0.25) is 0 Å². The van der Waals surface area contributed by atoms with Crippen molar-refractivity contribution in [3.63, 3.8) is 0 Å². The van der Waals surface area contributed by atoms with Gasteiger partial charge in [-0.05, 0) is 39.7 Å². The van der Waals surface area contributed by atoms with Gasteiger partial charge in [-0.25, -0.2) is 0 Å². The topological polar surface area (TPSA) is 30.5 Å². The molecule has 0 atom stereocenters. The molecule has 0 unspecified atom stereocenters. The van der Waals surface area contributed by atoms with E-state index in [4.69, 9.17) is 9.47 Å². The van der Waals surface area contributed by atoms with E-state index in [0.717, 1.165) is 32.6 Å². The van der Waals surface area contributed by atoms with Crippen molar-refractivity contribution in [2.75, 3.05) is 26.9 Å². The van der Waals surface area contributed by atoms with Gasteiger partial charge in [0.25, 0.3) is 0 Å². The van der Waals surface area contributed by atoms with Crippen LogP contribution in [-0.2, 0) is 9.47 Å². The van der Waals surface area contributed by atoms with Gasteiger partial charge < -0.3 is 14.8 Å². The Morgan fingerprint density at radius 1 is 1.12 bits per heavy atom. The van der Waals surface area contributed by atoms with Gasteiger partial charge in [-0.2, -0.15) is 0 Å². The van der Waals surface area contributed by atoms with Gasteiger partial charge in [-0.3, -0.25) is 0 Å². The predicted molar refractivity (Wildman–Crippen MR) is 68.9 cm³/mol. The molecule has 3 heteroatoms. The van der Waals surface area contributed by atoms with Gasteiger partial charge in [0.05, 0.1) is 5.60 Å². The predicted octanol–water partition coefficient (Wildman–Crippen LogP) is 2.60. The molecule has 0 fully saturated rings. The Balaban J connectivity index is 3.16. The number of hydrogen-bond acceptors (Lipinski definition) is 3. The van der Waals surface area contributed by atoms with Crippen LogP contribution in [0.3, 0.4) is 0 Å². The molecule has 16 heavy (non-hydrogen) atoms. The third-order valence-electron chi connectivity index (χ3n) is 2.67. The fourth-order valence-electron chi connectivity index (χ4n) is 1.24. The smallest absolute Gasteiger partial charge is 0.0644 e. The van der Waals surface area contributed by atoms with Crippen LogP contribution in [0.15, 0.2) is 0 Å². The maximum absolute atomic E-state index is 5.57. The highest BCUT2D eigenvalue weighted by Crippen LogP contribution is 2.12. The molecule has 0 radical (unpaired) electrons. The third kappa shape index (κ3) is 10.4. The highest BCUT2D eigenvalue weighted by molar-refractivity contribution is 4.66. The molecule has 0 aliphatic rings. The second kappa shape index (κ2) is 8.97. The minimum absolute atomic E-state index is 0.0564. The fraction of sp³-hybridized carbons (Fsp3) is 1.00. The number of methoxy groups -OCH3 is 1. The first-order valence-electron chi connectivity index (χ1n) is 6.34. The highest BCUT2D eigenvalue weighted by atomic mass is 16.5. The first-order chi connectivity index (χ1) is 7.48. The molecule has 0 spiro atoms. The summed E-state index contributed by atoms with van der Waals surface area (Å²) in [6, 6.07) is 0.587. The second-order valence-electron chi connectivity index (χ2n) is 5.14. The molecule has 0 bridgehead atoms. The zero-order chi connectivity index (χ0) is 12.4. The van der Waals surface area contributed by atoms with Crippen LogP contribution in [0.4, 0.5) is 0 Å². The van der Waals surface area contributed by atoms with E-state index in [9.17, 15) is 0 Å². The van der Waals surface area contributed by atoms with Crippen molar-refractivity contribution in [2.24, 2.45) is 0 Å². The van der Waals surface area contributed by atoms with E-state index in [-0.39, 0.29) is 5.60 Å². The lowest BCUT2D eigenvalue weighted by molar-refractivity contribution is -0.0101. The summed E-state index contributed by atoms with van der Waals surface area (Å²) in [4.78, 5) is 0. The summed E-state index contributed by atoms with van der Waals surface area (Å²) in [5, 5.41) is 3.39. The summed E-state index contributed by atoms with van der Waals surface area (Å²) < 4.78 is 10.9. The van der Waals surface area contributed by atoms with Crippen molar-refractivity contribution in [1.29, 1.82) is 0 Å². The van der Waals surface area contributed by atoms with E-state index in [1.807, 2.05) is 0 Å². The van der Waals surface area contributed by atoms with E-state index in [1.54, 1.807) is 7.11 Å². The zero-order valence-corrected chi connectivity index (χ0v) is 11.6. The Bertz CT molecular complexity index is 158. The van der Waals surface area contributed by atoms with Crippen LogP contribution in [0.25, 0.3) is 0 Å². The number of unbranched alkanes of at least 4 members (excludes halogenated alkanes) is 1. The largest absolute Gasteiger partial charge is 0.381 e. The Morgan fingerprint density at radius 2 is 1.81 bits per heavy atom. The summed E-state index contributed by atoms with van der Waals surface area (Å²) in [6.45, 7) is 11.3. The molecule has 98 valence electrons. The van der Waals surface area contributed by atoms with Gasteiger partial charge in [0.1, 0.15) is 0 Å². The molecule has 3 nitrogen and oxygen atoms in total. The average Bonchev–Trinajstić information content (AvgIpc) is 2.21. The van der Waals surface area contributed by atoms with E-state index in [2.05, 4.69) is 33.0 Å². The van der Waals surface area contributed by atoms with Gasteiger partial charge in [0.2, 0.25) is 0 Å². The van der Waals surface area contributed by atoms with Crippen LogP contribution in [0.5, 0.6) is 0 Å². The van der Waals surface area contributed by atoms with Crippen molar-refractivity contribution >= 4 is 0 Å². The van der Waals surface area contributed by atoms with Gasteiger partial charge in [-0.15, -0.1) is 0 Å². The summed E-state index contributed by atoms with van der Waals surface area (Å²) in [7, 11) is 1.75. The maximum Gasteiger partial charge on any atom is 0.0644 e. The number of rotatable bonds is 10. The fourth-order valence-corrected chi connectivity index (χ4v) is 1.24. The molecule has 0 heterocycles.